The van der Waals surface area contributed by atoms with Gasteiger partial charge in [-0.2, -0.15) is 0 Å². The largest absolute Gasteiger partial charge is 0.395 e. The summed E-state index contributed by atoms with van der Waals surface area (Å²) in [5.41, 5.74) is 2.29. The molecule has 0 aliphatic carbocycles. The number of piperidine rings is 1. The van der Waals surface area contributed by atoms with Crippen molar-refractivity contribution in [3.63, 3.8) is 0 Å². The SMILES string of the molecule is COC1(C)CCCN(Cc2ccccc2C#CCCO)C1. The molecule has 2 rings (SSSR count). The Kier molecular flexibility index (Phi) is 5.81. The van der Waals surface area contributed by atoms with Crippen LogP contribution >= 0.6 is 0 Å². The van der Waals surface area contributed by atoms with Crippen molar-refractivity contribution in [3.8, 4) is 11.8 Å². The number of likely N-dealkylation sites (tertiary alicyclic amines) is 1. The summed E-state index contributed by atoms with van der Waals surface area (Å²) in [5.74, 6) is 6.18. The van der Waals surface area contributed by atoms with Crippen LogP contribution in [0, 0.1) is 11.8 Å². The predicted octanol–water partition coefficient (Wildman–Crippen LogP) is 2.42. The van der Waals surface area contributed by atoms with Crippen LogP contribution < -0.4 is 0 Å². The molecule has 0 radical (unpaired) electrons. The highest BCUT2D eigenvalue weighted by Crippen LogP contribution is 2.25. The molecular weight excluding hydrogens is 262 g/mol. The van der Waals surface area contributed by atoms with Crippen molar-refractivity contribution < 1.29 is 9.84 Å². The first-order chi connectivity index (χ1) is 10.2. The van der Waals surface area contributed by atoms with Crippen molar-refractivity contribution >= 4 is 0 Å². The Labute approximate surface area is 127 Å². The van der Waals surface area contributed by atoms with Crippen LogP contribution in [0.25, 0.3) is 0 Å². The second-order valence-corrected chi connectivity index (χ2v) is 5.90. The third-order valence-corrected chi connectivity index (χ3v) is 4.10. The monoisotopic (exact) mass is 287 g/mol. The molecule has 1 unspecified atom stereocenters. The van der Waals surface area contributed by atoms with E-state index in [0.29, 0.717) is 6.42 Å². The van der Waals surface area contributed by atoms with Gasteiger partial charge in [0.2, 0.25) is 0 Å². The summed E-state index contributed by atoms with van der Waals surface area (Å²) >= 11 is 0. The van der Waals surface area contributed by atoms with Crippen molar-refractivity contribution in [1.29, 1.82) is 0 Å². The Morgan fingerprint density at radius 1 is 1.38 bits per heavy atom. The fourth-order valence-electron chi connectivity index (χ4n) is 2.84. The zero-order valence-corrected chi connectivity index (χ0v) is 13.1. The fourth-order valence-corrected chi connectivity index (χ4v) is 2.84. The van der Waals surface area contributed by atoms with Gasteiger partial charge in [-0.25, -0.2) is 0 Å². The Hall–Kier alpha value is -1.34. The summed E-state index contributed by atoms with van der Waals surface area (Å²) in [6, 6.07) is 8.27. The highest BCUT2D eigenvalue weighted by molar-refractivity contribution is 5.41. The molecule has 0 saturated carbocycles. The van der Waals surface area contributed by atoms with Crippen molar-refractivity contribution in [1.82, 2.24) is 4.90 Å². The number of aliphatic hydroxyl groups is 1. The lowest BCUT2D eigenvalue weighted by Crippen LogP contribution is -2.46. The molecule has 1 aromatic carbocycles. The summed E-state index contributed by atoms with van der Waals surface area (Å²) in [6.07, 6.45) is 2.82. The van der Waals surface area contributed by atoms with Crippen LogP contribution in [0.15, 0.2) is 24.3 Å². The lowest BCUT2D eigenvalue weighted by molar-refractivity contribution is -0.0527. The van der Waals surface area contributed by atoms with Crippen LogP contribution in [0.1, 0.15) is 37.3 Å². The van der Waals surface area contributed by atoms with Crippen molar-refractivity contribution in [2.75, 3.05) is 26.8 Å². The quantitative estimate of drug-likeness (QED) is 0.863. The maximum Gasteiger partial charge on any atom is 0.0777 e. The van der Waals surface area contributed by atoms with E-state index in [0.717, 1.165) is 31.6 Å². The topological polar surface area (TPSA) is 32.7 Å². The lowest BCUT2D eigenvalue weighted by Gasteiger charge is -2.39. The third kappa shape index (κ3) is 4.57. The van der Waals surface area contributed by atoms with Gasteiger partial charge >= 0.3 is 0 Å². The van der Waals surface area contributed by atoms with E-state index in [4.69, 9.17) is 9.84 Å². The zero-order valence-electron chi connectivity index (χ0n) is 13.1. The second-order valence-electron chi connectivity index (χ2n) is 5.90. The Balaban J connectivity index is 2.08. The van der Waals surface area contributed by atoms with Gasteiger partial charge in [0.1, 0.15) is 0 Å². The molecule has 0 aromatic heterocycles. The molecule has 0 bridgehead atoms. The van der Waals surface area contributed by atoms with Gasteiger partial charge in [-0.15, -0.1) is 0 Å². The van der Waals surface area contributed by atoms with Gasteiger partial charge < -0.3 is 9.84 Å². The highest BCUT2D eigenvalue weighted by atomic mass is 16.5. The van der Waals surface area contributed by atoms with E-state index in [1.165, 1.54) is 12.0 Å². The van der Waals surface area contributed by atoms with Crippen LogP contribution in [0.3, 0.4) is 0 Å². The van der Waals surface area contributed by atoms with E-state index in [1.54, 1.807) is 7.11 Å². The zero-order chi connectivity index (χ0) is 15.1. The molecule has 1 aromatic rings. The highest BCUT2D eigenvalue weighted by Gasteiger charge is 2.30. The Morgan fingerprint density at radius 2 is 2.19 bits per heavy atom. The molecule has 0 spiro atoms. The molecule has 1 heterocycles. The lowest BCUT2D eigenvalue weighted by atomic mass is 9.94. The summed E-state index contributed by atoms with van der Waals surface area (Å²) in [6.45, 7) is 5.28. The number of nitrogens with zero attached hydrogens (tertiary/aromatic N) is 1. The number of benzene rings is 1. The fraction of sp³-hybridized carbons (Fsp3) is 0.556. The number of methoxy groups -OCH3 is 1. The van der Waals surface area contributed by atoms with Crippen molar-refractivity contribution in [2.45, 2.75) is 38.3 Å². The minimum Gasteiger partial charge on any atom is -0.395 e. The molecule has 1 N–H and O–H groups in total. The number of aliphatic hydroxyl groups excluding tert-OH is 1. The molecule has 1 aliphatic heterocycles. The Morgan fingerprint density at radius 3 is 2.95 bits per heavy atom. The smallest absolute Gasteiger partial charge is 0.0777 e. The summed E-state index contributed by atoms with van der Waals surface area (Å²) in [5, 5.41) is 8.83. The van der Waals surface area contributed by atoms with E-state index in [9.17, 15) is 0 Å². The first-order valence-electron chi connectivity index (χ1n) is 7.62. The Bertz CT molecular complexity index is 517. The normalized spacial score (nSPS) is 22.6. The molecule has 3 nitrogen and oxygen atoms in total. The van der Waals surface area contributed by atoms with Gasteiger partial charge in [-0.05, 0) is 37.9 Å². The third-order valence-electron chi connectivity index (χ3n) is 4.10. The maximum atomic E-state index is 8.83. The first kappa shape index (κ1) is 16.0. The molecule has 0 amide bonds. The number of ether oxygens (including phenoxy) is 1. The van der Waals surface area contributed by atoms with E-state index < -0.39 is 0 Å². The van der Waals surface area contributed by atoms with Gasteiger partial charge in [0.05, 0.1) is 12.2 Å². The van der Waals surface area contributed by atoms with Crippen LogP contribution in [-0.4, -0.2) is 42.4 Å². The van der Waals surface area contributed by atoms with Gasteiger partial charge in [0.15, 0.2) is 0 Å². The summed E-state index contributed by atoms with van der Waals surface area (Å²) in [7, 11) is 1.80. The standard InChI is InChI=1S/C18H25NO2/c1-18(21-2)11-7-12-19(15-18)14-17-10-4-3-8-16(17)9-5-6-13-20/h3-4,8,10,20H,6-7,11-15H2,1-2H3. The molecule has 1 saturated heterocycles. The van der Waals surface area contributed by atoms with Crippen LogP contribution in [0.5, 0.6) is 0 Å². The van der Waals surface area contributed by atoms with E-state index in [2.05, 4.69) is 41.9 Å². The molecule has 1 atom stereocenters. The summed E-state index contributed by atoms with van der Waals surface area (Å²) in [4.78, 5) is 2.44. The van der Waals surface area contributed by atoms with E-state index >= 15 is 0 Å². The van der Waals surface area contributed by atoms with Crippen LogP contribution in [-0.2, 0) is 11.3 Å². The maximum absolute atomic E-state index is 8.83. The minimum absolute atomic E-state index is 0.0320. The predicted molar refractivity (Wildman–Crippen MR) is 84.9 cm³/mol. The molecule has 114 valence electrons. The van der Waals surface area contributed by atoms with Crippen LogP contribution in [0.2, 0.25) is 0 Å². The number of hydrogen-bond acceptors (Lipinski definition) is 3. The van der Waals surface area contributed by atoms with Crippen molar-refractivity contribution in [2.24, 2.45) is 0 Å². The van der Waals surface area contributed by atoms with Crippen molar-refractivity contribution in [3.05, 3.63) is 35.4 Å². The van der Waals surface area contributed by atoms with Gasteiger partial charge in [-0.1, -0.05) is 30.0 Å². The minimum atomic E-state index is -0.0320. The summed E-state index contributed by atoms with van der Waals surface area (Å²) < 4.78 is 5.66. The van der Waals surface area contributed by atoms with Gasteiger partial charge in [0, 0.05) is 32.2 Å². The van der Waals surface area contributed by atoms with Gasteiger partial charge in [-0.3, -0.25) is 4.90 Å². The molecule has 21 heavy (non-hydrogen) atoms. The van der Waals surface area contributed by atoms with Gasteiger partial charge in [0.25, 0.3) is 0 Å². The second kappa shape index (κ2) is 7.61. The van der Waals surface area contributed by atoms with E-state index in [1.807, 2.05) is 6.07 Å². The molecule has 3 heteroatoms. The molecule has 1 aliphatic rings. The molecular formula is C18H25NO2. The molecule has 1 fully saturated rings. The number of hydrogen-bond donors (Lipinski definition) is 1. The van der Waals surface area contributed by atoms with E-state index in [-0.39, 0.29) is 12.2 Å². The average Bonchev–Trinajstić information content (AvgIpc) is 2.49. The first-order valence-corrected chi connectivity index (χ1v) is 7.62. The number of rotatable bonds is 4. The average molecular weight is 287 g/mol. The van der Waals surface area contributed by atoms with Crippen LogP contribution in [0.4, 0.5) is 0 Å².